The van der Waals surface area contributed by atoms with Crippen molar-refractivity contribution in [2.45, 2.75) is 32.9 Å². The number of anilines is 2. The van der Waals surface area contributed by atoms with Gasteiger partial charge in [0.1, 0.15) is 0 Å². The normalized spacial score (nSPS) is 13.3. The summed E-state index contributed by atoms with van der Waals surface area (Å²) >= 11 is 1.43. The fourth-order valence-corrected chi connectivity index (χ4v) is 3.92. The monoisotopic (exact) mass is 387 g/mol. The summed E-state index contributed by atoms with van der Waals surface area (Å²) < 4.78 is 0. The molecule has 0 aliphatic carbocycles. The Labute approximate surface area is 163 Å². The molecule has 3 rings (SSSR count). The minimum absolute atomic E-state index is 0.0198. The fraction of sp³-hybridized carbons (Fsp3) is 0.421. The Morgan fingerprint density at radius 3 is 2.56 bits per heavy atom. The maximum absolute atomic E-state index is 12.8. The second-order valence-electron chi connectivity index (χ2n) is 7.06. The lowest BCUT2D eigenvalue weighted by Crippen LogP contribution is -2.35. The minimum atomic E-state index is -0.259. The minimum Gasteiger partial charge on any atom is -0.378 e. The van der Waals surface area contributed by atoms with Crippen LogP contribution >= 0.6 is 11.3 Å². The van der Waals surface area contributed by atoms with Crippen LogP contribution in [0.25, 0.3) is 0 Å². The van der Waals surface area contributed by atoms with Gasteiger partial charge in [0.25, 0.3) is 5.91 Å². The van der Waals surface area contributed by atoms with Gasteiger partial charge in [-0.1, -0.05) is 11.3 Å². The number of thiazole rings is 1. The van der Waals surface area contributed by atoms with Crippen LogP contribution in [0.2, 0.25) is 0 Å². The number of hydrogen-bond donors (Lipinski definition) is 2. The molecule has 1 aliphatic heterocycles. The van der Waals surface area contributed by atoms with Gasteiger partial charge in [-0.15, -0.1) is 0 Å². The van der Waals surface area contributed by atoms with Crippen molar-refractivity contribution in [3.8, 4) is 0 Å². The van der Waals surface area contributed by atoms with Gasteiger partial charge >= 0.3 is 6.03 Å². The molecule has 0 fully saturated rings. The zero-order chi connectivity index (χ0) is 19.6. The van der Waals surface area contributed by atoms with E-state index in [4.69, 9.17) is 0 Å². The van der Waals surface area contributed by atoms with Crippen LogP contribution in [-0.2, 0) is 13.0 Å². The Morgan fingerprint density at radius 1 is 1.22 bits per heavy atom. The molecular weight excluding hydrogens is 362 g/mol. The molecule has 2 aromatic rings. The zero-order valence-corrected chi connectivity index (χ0v) is 16.9. The SMILES string of the molecule is CC(C)NC(=O)Nc1nc2c(s1)CN(C(=O)c1ccc(N(C)C)cc1)CC2. The number of urea groups is 1. The average molecular weight is 388 g/mol. The van der Waals surface area contributed by atoms with Crippen molar-refractivity contribution in [3.05, 3.63) is 40.4 Å². The second kappa shape index (κ2) is 7.96. The number of carbonyl (C=O) groups is 2. The Morgan fingerprint density at radius 2 is 1.93 bits per heavy atom. The molecule has 1 aliphatic rings. The molecular formula is C19H25N5O2S. The first-order valence-corrected chi connectivity index (χ1v) is 9.78. The van der Waals surface area contributed by atoms with Crippen LogP contribution in [0.1, 0.15) is 34.8 Å². The Kier molecular flexibility index (Phi) is 5.65. The summed E-state index contributed by atoms with van der Waals surface area (Å²) in [6.45, 7) is 4.96. The Balaban J connectivity index is 1.67. The highest BCUT2D eigenvalue weighted by atomic mass is 32.1. The smallest absolute Gasteiger partial charge is 0.321 e. The fourth-order valence-electron chi connectivity index (χ4n) is 2.90. The highest BCUT2D eigenvalue weighted by Gasteiger charge is 2.25. The lowest BCUT2D eigenvalue weighted by atomic mass is 10.1. The summed E-state index contributed by atoms with van der Waals surface area (Å²) in [5.41, 5.74) is 2.71. The first kappa shape index (κ1) is 19.2. The van der Waals surface area contributed by atoms with E-state index in [9.17, 15) is 9.59 Å². The quantitative estimate of drug-likeness (QED) is 0.846. The van der Waals surface area contributed by atoms with Gasteiger partial charge in [0, 0.05) is 49.2 Å². The molecule has 3 amide bonds. The molecule has 0 radical (unpaired) electrons. The van der Waals surface area contributed by atoms with E-state index < -0.39 is 0 Å². The van der Waals surface area contributed by atoms with E-state index in [1.807, 2.05) is 62.0 Å². The molecule has 27 heavy (non-hydrogen) atoms. The van der Waals surface area contributed by atoms with Crippen molar-refractivity contribution in [2.24, 2.45) is 0 Å². The summed E-state index contributed by atoms with van der Waals surface area (Å²) in [6, 6.07) is 7.43. The second-order valence-corrected chi connectivity index (χ2v) is 8.14. The van der Waals surface area contributed by atoms with Crippen LogP contribution < -0.4 is 15.5 Å². The lowest BCUT2D eigenvalue weighted by molar-refractivity contribution is 0.0736. The molecule has 1 aromatic heterocycles. The maximum atomic E-state index is 12.8. The third-order valence-corrected chi connectivity index (χ3v) is 5.29. The van der Waals surface area contributed by atoms with Crippen molar-refractivity contribution in [2.75, 3.05) is 30.9 Å². The van der Waals surface area contributed by atoms with Crippen molar-refractivity contribution in [3.63, 3.8) is 0 Å². The molecule has 0 saturated heterocycles. The molecule has 0 bridgehead atoms. The van der Waals surface area contributed by atoms with Crippen LogP contribution in [0.3, 0.4) is 0 Å². The predicted molar refractivity (Wildman–Crippen MR) is 109 cm³/mol. The van der Waals surface area contributed by atoms with Crippen LogP contribution in [0.4, 0.5) is 15.6 Å². The number of hydrogen-bond acceptors (Lipinski definition) is 5. The molecule has 8 heteroatoms. The van der Waals surface area contributed by atoms with Gasteiger partial charge < -0.3 is 15.1 Å². The largest absolute Gasteiger partial charge is 0.378 e. The highest BCUT2D eigenvalue weighted by molar-refractivity contribution is 7.15. The topological polar surface area (TPSA) is 77.6 Å². The molecule has 1 aromatic carbocycles. The molecule has 2 N–H and O–H groups in total. The van der Waals surface area contributed by atoms with Gasteiger partial charge in [-0.05, 0) is 38.1 Å². The standard InChI is InChI=1S/C19H25N5O2S/c1-12(2)20-18(26)22-19-21-15-9-10-24(11-16(15)27-19)17(25)13-5-7-14(8-6-13)23(3)4/h5-8,12H,9-11H2,1-4H3,(H2,20,21,22,26). The average Bonchev–Trinajstić information content (AvgIpc) is 3.01. The van der Waals surface area contributed by atoms with Gasteiger partial charge in [-0.3, -0.25) is 10.1 Å². The van der Waals surface area contributed by atoms with Crippen molar-refractivity contribution in [1.82, 2.24) is 15.2 Å². The van der Waals surface area contributed by atoms with E-state index >= 15 is 0 Å². The van der Waals surface area contributed by atoms with Crippen molar-refractivity contribution >= 4 is 34.1 Å². The third-order valence-electron chi connectivity index (χ3n) is 4.29. The summed E-state index contributed by atoms with van der Waals surface area (Å²) in [4.78, 5) is 34.0. The Hall–Kier alpha value is -2.61. The van der Waals surface area contributed by atoms with Crippen LogP contribution in [-0.4, -0.2) is 48.5 Å². The maximum Gasteiger partial charge on any atom is 0.321 e. The molecule has 0 saturated carbocycles. The Bertz CT molecular complexity index is 829. The summed E-state index contributed by atoms with van der Waals surface area (Å²) in [5.74, 6) is 0.0198. The number of fused-ring (bicyclic) bond motifs is 1. The third kappa shape index (κ3) is 4.57. The molecule has 144 valence electrons. The van der Waals surface area contributed by atoms with E-state index in [1.54, 1.807) is 0 Å². The molecule has 0 atom stereocenters. The molecule has 7 nitrogen and oxygen atoms in total. The first-order valence-electron chi connectivity index (χ1n) is 8.96. The zero-order valence-electron chi connectivity index (χ0n) is 16.1. The summed E-state index contributed by atoms with van der Waals surface area (Å²) in [6.07, 6.45) is 0.695. The van der Waals surface area contributed by atoms with E-state index in [2.05, 4.69) is 15.6 Å². The van der Waals surface area contributed by atoms with E-state index in [-0.39, 0.29) is 18.0 Å². The lowest BCUT2D eigenvalue weighted by Gasteiger charge is -2.26. The number of nitrogens with zero attached hydrogens (tertiary/aromatic N) is 3. The number of nitrogens with one attached hydrogen (secondary N) is 2. The highest BCUT2D eigenvalue weighted by Crippen LogP contribution is 2.29. The number of amides is 3. The van der Waals surface area contributed by atoms with Gasteiger partial charge in [0.05, 0.1) is 12.2 Å². The van der Waals surface area contributed by atoms with Crippen LogP contribution in [0.15, 0.2) is 24.3 Å². The summed E-state index contributed by atoms with van der Waals surface area (Å²) in [7, 11) is 3.94. The number of benzene rings is 1. The molecule has 0 unspecified atom stereocenters. The van der Waals surface area contributed by atoms with E-state index in [1.165, 1.54) is 11.3 Å². The van der Waals surface area contributed by atoms with E-state index in [0.717, 1.165) is 16.3 Å². The van der Waals surface area contributed by atoms with E-state index in [0.29, 0.717) is 30.2 Å². The summed E-state index contributed by atoms with van der Waals surface area (Å²) in [5, 5.41) is 6.13. The number of aromatic nitrogens is 1. The van der Waals surface area contributed by atoms with Crippen LogP contribution in [0, 0.1) is 0 Å². The number of carbonyl (C=O) groups excluding carboxylic acids is 2. The van der Waals surface area contributed by atoms with Crippen molar-refractivity contribution < 1.29 is 9.59 Å². The predicted octanol–water partition coefficient (Wildman–Crippen LogP) is 2.94. The first-order chi connectivity index (χ1) is 12.8. The van der Waals surface area contributed by atoms with Gasteiger partial charge in [0.2, 0.25) is 0 Å². The molecule has 2 heterocycles. The van der Waals surface area contributed by atoms with Gasteiger partial charge in [-0.2, -0.15) is 0 Å². The van der Waals surface area contributed by atoms with Crippen LogP contribution in [0.5, 0.6) is 0 Å². The number of rotatable bonds is 4. The van der Waals surface area contributed by atoms with Gasteiger partial charge in [-0.25, -0.2) is 9.78 Å². The van der Waals surface area contributed by atoms with Gasteiger partial charge in [0.15, 0.2) is 5.13 Å². The molecule has 0 spiro atoms. The van der Waals surface area contributed by atoms with Crippen molar-refractivity contribution in [1.29, 1.82) is 0 Å².